The van der Waals surface area contributed by atoms with Crippen LogP contribution in [-0.2, 0) is 14.8 Å². The Labute approximate surface area is 201 Å². The summed E-state index contributed by atoms with van der Waals surface area (Å²) >= 11 is 0. The molecule has 1 amide bonds. The first kappa shape index (κ1) is 25.1. The number of nitrogens with zero attached hydrogens (tertiary/aromatic N) is 1. The Morgan fingerprint density at radius 2 is 1.68 bits per heavy atom. The minimum atomic E-state index is -4.15. The van der Waals surface area contributed by atoms with Crippen molar-refractivity contribution in [2.75, 3.05) is 18.0 Å². The average molecular weight is 480 g/mol. The molecule has 0 aromatic heterocycles. The smallest absolute Gasteiger partial charge is 0.271 e. The summed E-state index contributed by atoms with van der Waals surface area (Å²) in [5, 5.41) is 0. The summed E-state index contributed by atoms with van der Waals surface area (Å²) in [6.07, 6.45) is 2.81. The fourth-order valence-electron chi connectivity index (χ4n) is 3.44. The van der Waals surface area contributed by atoms with E-state index in [1.54, 1.807) is 55.5 Å². The molecule has 0 aliphatic rings. The third-order valence-electron chi connectivity index (χ3n) is 5.46. The summed E-state index contributed by atoms with van der Waals surface area (Å²) in [4.78, 5) is 13.4. The highest BCUT2D eigenvalue weighted by atomic mass is 32.2. The van der Waals surface area contributed by atoms with Crippen molar-refractivity contribution in [1.82, 2.24) is 0 Å². The predicted octanol–water partition coefficient (Wildman–Crippen LogP) is 5.45. The molecule has 0 bridgehead atoms. The van der Waals surface area contributed by atoms with Gasteiger partial charge in [-0.05, 0) is 80.8 Å². The van der Waals surface area contributed by atoms with Gasteiger partial charge in [-0.1, -0.05) is 35.9 Å². The van der Waals surface area contributed by atoms with Crippen molar-refractivity contribution in [1.29, 1.82) is 0 Å². The van der Waals surface area contributed by atoms with Crippen LogP contribution in [0.25, 0.3) is 6.08 Å². The van der Waals surface area contributed by atoms with Crippen molar-refractivity contribution < 1.29 is 22.7 Å². The van der Waals surface area contributed by atoms with Gasteiger partial charge in [0.2, 0.25) is 0 Å². The molecule has 0 radical (unpaired) electrons. The van der Waals surface area contributed by atoms with Crippen molar-refractivity contribution in [3.8, 4) is 11.5 Å². The molecular formula is C27H29NO5S. The first-order chi connectivity index (χ1) is 16.2. The molecule has 0 aliphatic heterocycles. The van der Waals surface area contributed by atoms with Crippen LogP contribution < -0.4 is 13.8 Å². The minimum Gasteiger partial charge on any atom is -0.493 e. The number of ether oxygens (including phenoxy) is 2. The number of hydrogen-bond donors (Lipinski definition) is 0. The van der Waals surface area contributed by atoms with Crippen molar-refractivity contribution in [2.24, 2.45) is 0 Å². The molecule has 0 atom stereocenters. The monoisotopic (exact) mass is 479 g/mol. The zero-order valence-electron chi connectivity index (χ0n) is 20.0. The highest BCUT2D eigenvalue weighted by molar-refractivity contribution is 7.93. The molecule has 0 saturated carbocycles. The normalized spacial score (nSPS) is 11.4. The van der Waals surface area contributed by atoms with Crippen LogP contribution in [0.15, 0.2) is 71.6 Å². The predicted molar refractivity (Wildman–Crippen MR) is 135 cm³/mol. The first-order valence-electron chi connectivity index (χ1n) is 10.9. The number of amides is 1. The van der Waals surface area contributed by atoms with Crippen LogP contribution in [0.1, 0.15) is 29.2 Å². The van der Waals surface area contributed by atoms with Crippen LogP contribution >= 0.6 is 0 Å². The van der Waals surface area contributed by atoms with Crippen LogP contribution in [0.2, 0.25) is 0 Å². The first-order valence-corrected chi connectivity index (χ1v) is 12.3. The zero-order valence-corrected chi connectivity index (χ0v) is 20.8. The SMILES string of the molecule is CCOc1ccc(/C=C/C(=O)N(c2cccc(C)c2C)S(=O)(=O)c2ccc(C)cc2)cc1OC. The van der Waals surface area contributed by atoms with E-state index in [-0.39, 0.29) is 4.90 Å². The molecule has 0 fully saturated rings. The number of aryl methyl sites for hydroxylation is 2. The Bertz CT molecular complexity index is 1310. The summed E-state index contributed by atoms with van der Waals surface area (Å²) in [5.74, 6) is 0.435. The maximum Gasteiger partial charge on any atom is 0.271 e. The molecule has 3 aromatic rings. The largest absolute Gasteiger partial charge is 0.493 e. The van der Waals surface area contributed by atoms with Crippen LogP contribution in [0, 0.1) is 20.8 Å². The van der Waals surface area contributed by atoms with Crippen molar-refractivity contribution in [3.05, 3.63) is 89.0 Å². The number of methoxy groups -OCH3 is 1. The third-order valence-corrected chi connectivity index (χ3v) is 7.19. The molecule has 0 heterocycles. The van der Waals surface area contributed by atoms with Gasteiger partial charge in [-0.2, -0.15) is 4.31 Å². The van der Waals surface area contributed by atoms with Crippen molar-refractivity contribution >= 4 is 27.7 Å². The van der Waals surface area contributed by atoms with Crippen molar-refractivity contribution in [3.63, 3.8) is 0 Å². The summed E-state index contributed by atoms with van der Waals surface area (Å²) < 4.78 is 39.0. The number of rotatable bonds is 8. The van der Waals surface area contributed by atoms with E-state index in [9.17, 15) is 13.2 Å². The minimum absolute atomic E-state index is 0.0449. The molecule has 0 unspecified atom stereocenters. The van der Waals surface area contributed by atoms with Gasteiger partial charge in [0.1, 0.15) is 0 Å². The standard InChI is InChI=1S/C27H29NO5S/c1-6-33-25-16-12-22(18-26(25)32-5)13-17-27(29)28(24-9-7-8-20(3)21(24)4)34(30,31)23-14-10-19(2)11-15-23/h7-18H,6H2,1-5H3/b17-13+. The van der Waals surface area contributed by atoms with E-state index in [2.05, 4.69) is 0 Å². The quantitative estimate of drug-likeness (QED) is 0.402. The summed E-state index contributed by atoms with van der Waals surface area (Å²) in [5.41, 5.74) is 3.51. The van der Waals surface area contributed by atoms with E-state index in [4.69, 9.17) is 9.47 Å². The molecule has 0 aliphatic carbocycles. The lowest BCUT2D eigenvalue weighted by Crippen LogP contribution is -2.36. The number of carbonyl (C=O) groups is 1. The molecular weight excluding hydrogens is 450 g/mol. The number of carbonyl (C=O) groups excluding carboxylic acids is 1. The van der Waals surface area contributed by atoms with E-state index in [0.717, 1.165) is 15.4 Å². The van der Waals surface area contributed by atoms with Gasteiger partial charge in [0.15, 0.2) is 11.5 Å². The third kappa shape index (κ3) is 5.31. The second-order valence-corrected chi connectivity index (χ2v) is 9.60. The van der Waals surface area contributed by atoms with E-state index in [1.807, 2.05) is 26.8 Å². The highest BCUT2D eigenvalue weighted by Crippen LogP contribution is 2.31. The Morgan fingerprint density at radius 3 is 2.32 bits per heavy atom. The molecule has 178 valence electrons. The van der Waals surface area contributed by atoms with Crippen LogP contribution in [0.4, 0.5) is 5.69 Å². The second-order valence-electron chi connectivity index (χ2n) is 7.82. The van der Waals surface area contributed by atoms with Gasteiger partial charge < -0.3 is 9.47 Å². The lowest BCUT2D eigenvalue weighted by molar-refractivity contribution is -0.113. The van der Waals surface area contributed by atoms with Crippen LogP contribution in [0.5, 0.6) is 11.5 Å². The van der Waals surface area contributed by atoms with Gasteiger partial charge >= 0.3 is 0 Å². The number of sulfonamides is 1. The molecule has 3 aromatic carbocycles. The number of hydrogen-bond acceptors (Lipinski definition) is 5. The van der Waals surface area contributed by atoms with Gasteiger partial charge in [-0.3, -0.25) is 4.79 Å². The maximum atomic E-state index is 13.6. The lowest BCUT2D eigenvalue weighted by Gasteiger charge is -2.24. The Balaban J connectivity index is 2.05. The summed E-state index contributed by atoms with van der Waals surface area (Å²) in [6.45, 7) is 7.92. The number of anilines is 1. The topological polar surface area (TPSA) is 72.9 Å². The van der Waals surface area contributed by atoms with Gasteiger partial charge in [0.05, 0.1) is 24.3 Å². The molecule has 34 heavy (non-hydrogen) atoms. The second kappa shape index (κ2) is 10.6. The number of benzene rings is 3. The Morgan fingerprint density at radius 1 is 0.971 bits per heavy atom. The fraction of sp³-hybridized carbons (Fsp3) is 0.222. The van der Waals surface area contributed by atoms with Gasteiger partial charge in [-0.25, -0.2) is 8.42 Å². The Kier molecular flexibility index (Phi) is 7.79. The average Bonchev–Trinajstić information content (AvgIpc) is 2.81. The van der Waals surface area contributed by atoms with Crippen LogP contribution in [0.3, 0.4) is 0 Å². The summed E-state index contributed by atoms with van der Waals surface area (Å²) in [7, 11) is -2.62. The molecule has 7 heteroatoms. The summed E-state index contributed by atoms with van der Waals surface area (Å²) in [6, 6.07) is 16.9. The maximum absolute atomic E-state index is 13.6. The fourth-order valence-corrected chi connectivity index (χ4v) is 4.88. The Hall–Kier alpha value is -3.58. The van der Waals surface area contributed by atoms with Gasteiger partial charge in [0.25, 0.3) is 15.9 Å². The lowest BCUT2D eigenvalue weighted by atomic mass is 10.1. The molecule has 0 N–H and O–H groups in total. The molecule has 3 rings (SSSR count). The van der Waals surface area contributed by atoms with Gasteiger partial charge in [-0.15, -0.1) is 0 Å². The van der Waals surface area contributed by atoms with Crippen molar-refractivity contribution in [2.45, 2.75) is 32.6 Å². The highest BCUT2D eigenvalue weighted by Gasteiger charge is 2.31. The van der Waals surface area contributed by atoms with E-state index in [1.165, 1.54) is 25.3 Å². The van der Waals surface area contributed by atoms with Crippen LogP contribution in [-0.4, -0.2) is 28.0 Å². The molecule has 0 saturated heterocycles. The van der Waals surface area contributed by atoms with E-state index in [0.29, 0.717) is 34.9 Å². The van der Waals surface area contributed by atoms with E-state index >= 15 is 0 Å². The molecule has 6 nitrogen and oxygen atoms in total. The van der Waals surface area contributed by atoms with Gasteiger partial charge in [0, 0.05) is 6.08 Å². The van der Waals surface area contributed by atoms with E-state index < -0.39 is 15.9 Å². The zero-order chi connectivity index (χ0) is 24.9. The molecule has 0 spiro atoms.